The van der Waals surface area contributed by atoms with Gasteiger partial charge in [0.1, 0.15) is 5.75 Å². The van der Waals surface area contributed by atoms with Crippen molar-refractivity contribution in [1.29, 1.82) is 0 Å². The third kappa shape index (κ3) is 2.35. The van der Waals surface area contributed by atoms with Crippen LogP contribution in [0.25, 0.3) is 0 Å². The highest BCUT2D eigenvalue weighted by atomic mass is 16.4. The summed E-state index contributed by atoms with van der Waals surface area (Å²) in [7, 11) is 0. The van der Waals surface area contributed by atoms with Crippen LogP contribution < -0.4 is 0 Å². The van der Waals surface area contributed by atoms with Gasteiger partial charge >= 0.3 is 6.09 Å². The fourth-order valence-electron chi connectivity index (χ4n) is 3.66. The molecule has 1 aliphatic rings. The highest BCUT2D eigenvalue weighted by Crippen LogP contribution is 2.51. The lowest BCUT2D eigenvalue weighted by molar-refractivity contribution is -0.0216. The quantitative estimate of drug-likeness (QED) is 0.783. The predicted molar refractivity (Wildman–Crippen MR) is 79.5 cm³/mol. The number of hydrogen-bond acceptors (Lipinski definition) is 3. The van der Waals surface area contributed by atoms with Gasteiger partial charge in [-0.25, -0.2) is 4.79 Å². The van der Waals surface area contributed by atoms with Crippen molar-refractivity contribution in [2.75, 3.05) is 13.2 Å². The molecule has 0 bridgehead atoms. The van der Waals surface area contributed by atoms with Crippen LogP contribution in [0.3, 0.4) is 0 Å². The zero-order valence-electron chi connectivity index (χ0n) is 12.7. The Morgan fingerprint density at radius 1 is 1.33 bits per heavy atom. The number of aromatic hydroxyl groups is 1. The minimum absolute atomic E-state index is 0.0980. The van der Waals surface area contributed by atoms with Crippen molar-refractivity contribution in [3.05, 3.63) is 29.8 Å². The molecule has 1 saturated heterocycles. The van der Waals surface area contributed by atoms with E-state index in [1.165, 1.54) is 4.90 Å². The molecule has 5 nitrogen and oxygen atoms in total. The standard InChI is InChI=1S/C16H23NO4/c1-15(2,3)16(10-18)13(8-9-17(16)14(20)21)11-4-6-12(19)7-5-11/h4-7,13,18-19H,8-10H2,1-3H3,(H,20,21)/t13-,16-/m1/s1. The number of hydrogen-bond donors (Lipinski definition) is 3. The van der Waals surface area contributed by atoms with Gasteiger partial charge in [-0.3, -0.25) is 4.90 Å². The molecule has 3 N–H and O–H groups in total. The number of phenolic OH excluding ortho intramolecular Hbond substituents is 1. The van der Waals surface area contributed by atoms with Gasteiger partial charge in [0.2, 0.25) is 0 Å². The number of aliphatic hydroxyl groups excluding tert-OH is 1. The van der Waals surface area contributed by atoms with Crippen molar-refractivity contribution < 1.29 is 20.1 Å². The summed E-state index contributed by atoms with van der Waals surface area (Å²) >= 11 is 0. The van der Waals surface area contributed by atoms with Crippen molar-refractivity contribution >= 4 is 6.09 Å². The first kappa shape index (κ1) is 15.6. The van der Waals surface area contributed by atoms with Gasteiger partial charge in [0.25, 0.3) is 0 Å². The second kappa shape index (κ2) is 5.22. The number of rotatable bonds is 2. The van der Waals surface area contributed by atoms with Gasteiger partial charge in [-0.1, -0.05) is 32.9 Å². The van der Waals surface area contributed by atoms with Crippen LogP contribution in [0.2, 0.25) is 0 Å². The van der Waals surface area contributed by atoms with E-state index in [1.807, 2.05) is 32.9 Å². The second-order valence-corrected chi connectivity index (χ2v) is 6.70. The summed E-state index contributed by atoms with van der Waals surface area (Å²) in [5.41, 5.74) is -0.338. The van der Waals surface area contributed by atoms with Crippen LogP contribution in [0.5, 0.6) is 5.75 Å². The average molecular weight is 293 g/mol. The van der Waals surface area contributed by atoms with Crippen molar-refractivity contribution in [1.82, 2.24) is 4.90 Å². The lowest BCUT2D eigenvalue weighted by atomic mass is 9.65. The van der Waals surface area contributed by atoms with E-state index < -0.39 is 17.0 Å². The van der Waals surface area contributed by atoms with E-state index in [4.69, 9.17) is 0 Å². The Bertz CT molecular complexity index is 520. The monoisotopic (exact) mass is 293 g/mol. The molecule has 2 rings (SSSR count). The molecular weight excluding hydrogens is 270 g/mol. The van der Waals surface area contributed by atoms with Crippen molar-refractivity contribution in [3.8, 4) is 5.75 Å². The number of aliphatic hydroxyl groups is 1. The highest BCUT2D eigenvalue weighted by Gasteiger charge is 2.57. The molecule has 0 aliphatic carbocycles. The Morgan fingerprint density at radius 2 is 1.90 bits per heavy atom. The number of carbonyl (C=O) groups is 1. The fourth-order valence-corrected chi connectivity index (χ4v) is 3.66. The number of carboxylic acid groups (broad SMARTS) is 1. The number of nitrogens with zero attached hydrogens (tertiary/aromatic N) is 1. The van der Waals surface area contributed by atoms with Gasteiger partial charge in [-0.2, -0.15) is 0 Å². The van der Waals surface area contributed by atoms with Crippen LogP contribution in [0.4, 0.5) is 4.79 Å². The molecule has 0 saturated carbocycles. The maximum atomic E-state index is 11.6. The first-order chi connectivity index (χ1) is 9.74. The maximum absolute atomic E-state index is 11.6. The number of phenols is 1. The Labute approximate surface area is 124 Å². The average Bonchev–Trinajstić information content (AvgIpc) is 2.79. The molecule has 0 aromatic heterocycles. The third-order valence-corrected chi connectivity index (χ3v) is 4.77. The largest absolute Gasteiger partial charge is 0.508 e. The minimum Gasteiger partial charge on any atom is -0.508 e. The lowest BCUT2D eigenvalue weighted by Crippen LogP contribution is -2.60. The van der Waals surface area contributed by atoms with Gasteiger partial charge in [0.05, 0.1) is 12.1 Å². The van der Waals surface area contributed by atoms with E-state index >= 15 is 0 Å². The molecule has 1 aromatic carbocycles. The van der Waals surface area contributed by atoms with Crippen LogP contribution in [-0.2, 0) is 0 Å². The summed E-state index contributed by atoms with van der Waals surface area (Å²) in [5, 5.41) is 29.1. The molecule has 1 heterocycles. The number of benzene rings is 1. The molecule has 2 atom stereocenters. The molecule has 1 aliphatic heterocycles. The molecule has 0 spiro atoms. The Hall–Kier alpha value is -1.75. The summed E-state index contributed by atoms with van der Waals surface area (Å²) in [6.07, 6.45) is -0.338. The summed E-state index contributed by atoms with van der Waals surface area (Å²) in [6.45, 7) is 6.04. The molecule has 5 heteroatoms. The Balaban J connectivity index is 2.54. The number of amides is 1. The van der Waals surface area contributed by atoms with Gasteiger partial charge in [0, 0.05) is 12.5 Å². The fraction of sp³-hybridized carbons (Fsp3) is 0.562. The first-order valence-corrected chi connectivity index (χ1v) is 7.14. The molecule has 0 unspecified atom stereocenters. The number of likely N-dealkylation sites (tertiary alicyclic amines) is 1. The van der Waals surface area contributed by atoms with Crippen LogP contribution in [0.1, 0.15) is 38.7 Å². The van der Waals surface area contributed by atoms with Gasteiger partial charge < -0.3 is 15.3 Å². The van der Waals surface area contributed by atoms with Gasteiger partial charge in [-0.05, 0) is 29.5 Å². The van der Waals surface area contributed by atoms with Crippen LogP contribution in [0, 0.1) is 5.41 Å². The molecule has 1 fully saturated rings. The molecular formula is C16H23NO4. The zero-order chi connectivity index (χ0) is 15.8. The topological polar surface area (TPSA) is 81.0 Å². The van der Waals surface area contributed by atoms with Crippen LogP contribution >= 0.6 is 0 Å². The van der Waals surface area contributed by atoms with Crippen molar-refractivity contribution in [2.45, 2.75) is 38.6 Å². The van der Waals surface area contributed by atoms with E-state index in [0.717, 1.165) is 5.56 Å². The van der Waals surface area contributed by atoms with Crippen LogP contribution in [0.15, 0.2) is 24.3 Å². The van der Waals surface area contributed by atoms with Crippen molar-refractivity contribution in [2.24, 2.45) is 5.41 Å². The highest BCUT2D eigenvalue weighted by molar-refractivity contribution is 5.67. The minimum atomic E-state index is -1.000. The zero-order valence-corrected chi connectivity index (χ0v) is 12.7. The van der Waals surface area contributed by atoms with Gasteiger partial charge in [-0.15, -0.1) is 0 Å². The first-order valence-electron chi connectivity index (χ1n) is 7.14. The SMILES string of the molecule is CC(C)(C)[C@@]1(CO)[C@@H](c2ccc(O)cc2)CCN1C(=O)O. The van der Waals surface area contributed by atoms with E-state index in [2.05, 4.69) is 0 Å². The second-order valence-electron chi connectivity index (χ2n) is 6.70. The normalized spacial score (nSPS) is 26.1. The Kier molecular flexibility index (Phi) is 3.89. The van der Waals surface area contributed by atoms with Crippen LogP contribution in [-0.4, -0.2) is 45.0 Å². The summed E-state index contributed by atoms with van der Waals surface area (Å²) < 4.78 is 0. The van der Waals surface area contributed by atoms with E-state index in [1.54, 1.807) is 12.1 Å². The van der Waals surface area contributed by atoms with E-state index in [0.29, 0.717) is 13.0 Å². The lowest BCUT2D eigenvalue weighted by Gasteiger charge is -2.49. The third-order valence-electron chi connectivity index (χ3n) is 4.77. The van der Waals surface area contributed by atoms with E-state index in [-0.39, 0.29) is 18.3 Å². The smallest absolute Gasteiger partial charge is 0.407 e. The summed E-state index contributed by atoms with van der Waals surface area (Å²) in [4.78, 5) is 13.0. The predicted octanol–water partition coefficient (Wildman–Crippen LogP) is 2.64. The van der Waals surface area contributed by atoms with E-state index in [9.17, 15) is 20.1 Å². The molecule has 1 amide bonds. The molecule has 0 radical (unpaired) electrons. The molecule has 1 aromatic rings. The summed E-state index contributed by atoms with van der Waals surface area (Å²) in [5.74, 6) is 0.0800. The van der Waals surface area contributed by atoms with Crippen molar-refractivity contribution in [3.63, 3.8) is 0 Å². The maximum Gasteiger partial charge on any atom is 0.407 e. The summed E-state index contributed by atoms with van der Waals surface area (Å²) in [6, 6.07) is 6.82. The molecule has 21 heavy (non-hydrogen) atoms. The Morgan fingerprint density at radius 3 is 2.33 bits per heavy atom. The van der Waals surface area contributed by atoms with Gasteiger partial charge in [0.15, 0.2) is 0 Å². The molecule has 116 valence electrons.